The number of carbonyl (C=O) groups excluding carboxylic acids is 3. The molecule has 1 heterocycles. The maximum absolute atomic E-state index is 12.4. The highest BCUT2D eigenvalue weighted by Crippen LogP contribution is 2.24. The molecule has 0 aliphatic carbocycles. The van der Waals surface area contributed by atoms with E-state index in [2.05, 4.69) is 16.0 Å². The number of benzene rings is 1. The van der Waals surface area contributed by atoms with Gasteiger partial charge in [-0.15, -0.1) is 0 Å². The first-order valence-corrected chi connectivity index (χ1v) is 9.04. The van der Waals surface area contributed by atoms with Crippen LogP contribution >= 0.6 is 0 Å². The minimum absolute atomic E-state index is 0.0261. The van der Waals surface area contributed by atoms with Gasteiger partial charge < -0.3 is 20.7 Å². The Balaban J connectivity index is 2.22. The van der Waals surface area contributed by atoms with E-state index in [9.17, 15) is 24.5 Å². The Kier molecular flexibility index (Phi) is 7.30. The third kappa shape index (κ3) is 5.93. The van der Waals surface area contributed by atoms with Gasteiger partial charge in [0.1, 0.15) is 11.8 Å². The quantitative estimate of drug-likeness (QED) is 0.512. The number of hydrogen-bond donors (Lipinski definition) is 3. The highest BCUT2D eigenvalue weighted by Gasteiger charge is 2.23. The molecule has 1 aliphatic heterocycles. The molecule has 2 rings (SSSR count). The molecule has 1 aromatic carbocycles. The van der Waals surface area contributed by atoms with E-state index in [-0.39, 0.29) is 42.0 Å². The first-order chi connectivity index (χ1) is 13.3. The molecule has 0 aromatic heterocycles. The lowest BCUT2D eigenvalue weighted by molar-refractivity contribution is -0.384. The standard InChI is InChI=1S/C18H24N4O6/c1-11(2)8-14-18(25)19-6-3-7-28-15-5-4-12(22(26)27)9-13(15)17(24)20-10-16(23)21-14/h4-5,9,11,14H,3,6-8,10H2,1-2H3,(H,19,25)(H,20,24)(H,21,23)/t14-/m0/s1. The second-order valence-electron chi connectivity index (χ2n) is 6.86. The Bertz CT molecular complexity index is 764. The largest absolute Gasteiger partial charge is 0.493 e. The van der Waals surface area contributed by atoms with Gasteiger partial charge in [-0.1, -0.05) is 13.8 Å². The van der Waals surface area contributed by atoms with Crippen LogP contribution in [0.25, 0.3) is 0 Å². The van der Waals surface area contributed by atoms with Gasteiger partial charge in [0, 0.05) is 18.7 Å². The van der Waals surface area contributed by atoms with Crippen LogP contribution in [0.3, 0.4) is 0 Å². The summed E-state index contributed by atoms with van der Waals surface area (Å²) in [6.07, 6.45) is 0.920. The van der Waals surface area contributed by atoms with Crippen molar-refractivity contribution in [1.29, 1.82) is 0 Å². The summed E-state index contributed by atoms with van der Waals surface area (Å²) in [4.78, 5) is 47.3. The molecule has 3 amide bonds. The Morgan fingerprint density at radius 2 is 2.00 bits per heavy atom. The van der Waals surface area contributed by atoms with Crippen molar-refractivity contribution in [2.24, 2.45) is 5.92 Å². The van der Waals surface area contributed by atoms with E-state index in [0.717, 1.165) is 6.07 Å². The highest BCUT2D eigenvalue weighted by molar-refractivity contribution is 5.99. The van der Waals surface area contributed by atoms with E-state index in [0.29, 0.717) is 19.4 Å². The fourth-order valence-electron chi connectivity index (χ4n) is 2.73. The van der Waals surface area contributed by atoms with Crippen molar-refractivity contribution in [1.82, 2.24) is 16.0 Å². The van der Waals surface area contributed by atoms with E-state index < -0.39 is 22.8 Å². The van der Waals surface area contributed by atoms with Crippen LogP contribution in [0.15, 0.2) is 18.2 Å². The fraction of sp³-hybridized carbons (Fsp3) is 0.500. The number of nitro benzene ring substituents is 1. The van der Waals surface area contributed by atoms with Gasteiger partial charge in [-0.25, -0.2) is 0 Å². The molecule has 0 spiro atoms. The topological polar surface area (TPSA) is 140 Å². The van der Waals surface area contributed by atoms with Crippen LogP contribution < -0.4 is 20.7 Å². The van der Waals surface area contributed by atoms with E-state index in [4.69, 9.17) is 4.74 Å². The fourth-order valence-corrected chi connectivity index (χ4v) is 2.73. The van der Waals surface area contributed by atoms with Crippen molar-refractivity contribution in [3.63, 3.8) is 0 Å². The smallest absolute Gasteiger partial charge is 0.270 e. The Labute approximate surface area is 162 Å². The van der Waals surface area contributed by atoms with E-state index in [1.54, 1.807) is 0 Å². The Morgan fingerprint density at radius 3 is 2.68 bits per heavy atom. The van der Waals surface area contributed by atoms with Gasteiger partial charge in [0.15, 0.2) is 0 Å². The predicted molar refractivity (Wildman–Crippen MR) is 99.9 cm³/mol. The van der Waals surface area contributed by atoms with Gasteiger partial charge in [0.2, 0.25) is 11.8 Å². The number of non-ortho nitro benzene ring substituents is 1. The third-order valence-corrected chi connectivity index (χ3v) is 4.06. The van der Waals surface area contributed by atoms with Crippen molar-refractivity contribution >= 4 is 23.4 Å². The zero-order valence-corrected chi connectivity index (χ0v) is 15.8. The zero-order chi connectivity index (χ0) is 20.7. The van der Waals surface area contributed by atoms with E-state index >= 15 is 0 Å². The summed E-state index contributed by atoms with van der Waals surface area (Å²) < 4.78 is 5.56. The molecule has 1 atom stereocenters. The molecule has 3 N–H and O–H groups in total. The predicted octanol–water partition coefficient (Wildman–Crippen LogP) is 0.754. The summed E-state index contributed by atoms with van der Waals surface area (Å²) >= 11 is 0. The summed E-state index contributed by atoms with van der Waals surface area (Å²) in [5, 5.41) is 18.8. The molecule has 28 heavy (non-hydrogen) atoms. The second kappa shape index (κ2) is 9.67. The number of rotatable bonds is 3. The first kappa shape index (κ1) is 21.1. The lowest BCUT2D eigenvalue weighted by Gasteiger charge is -2.21. The maximum atomic E-state index is 12.4. The molecule has 10 nitrogen and oxygen atoms in total. The minimum atomic E-state index is -0.707. The number of nitrogens with zero attached hydrogens (tertiary/aromatic N) is 1. The second-order valence-corrected chi connectivity index (χ2v) is 6.86. The van der Waals surface area contributed by atoms with Gasteiger partial charge in [0.25, 0.3) is 11.6 Å². The number of nitro groups is 1. The molecule has 1 aromatic rings. The van der Waals surface area contributed by atoms with Gasteiger partial charge >= 0.3 is 0 Å². The summed E-state index contributed by atoms with van der Waals surface area (Å²) in [6, 6.07) is 2.98. The maximum Gasteiger partial charge on any atom is 0.270 e. The van der Waals surface area contributed by atoms with Gasteiger partial charge in [-0.2, -0.15) is 0 Å². The molecular weight excluding hydrogens is 368 g/mol. The minimum Gasteiger partial charge on any atom is -0.493 e. The van der Waals surface area contributed by atoms with E-state index in [1.807, 2.05) is 13.8 Å². The van der Waals surface area contributed by atoms with E-state index in [1.165, 1.54) is 12.1 Å². The van der Waals surface area contributed by atoms with Crippen molar-refractivity contribution in [2.45, 2.75) is 32.7 Å². The molecule has 0 fully saturated rings. The molecule has 0 saturated carbocycles. The highest BCUT2D eigenvalue weighted by atomic mass is 16.6. The lowest BCUT2D eigenvalue weighted by atomic mass is 10.0. The van der Waals surface area contributed by atoms with Crippen LogP contribution in [0, 0.1) is 16.0 Å². The zero-order valence-electron chi connectivity index (χ0n) is 15.8. The van der Waals surface area contributed by atoms with Crippen LogP contribution in [0.2, 0.25) is 0 Å². The van der Waals surface area contributed by atoms with Crippen molar-refractivity contribution in [2.75, 3.05) is 19.7 Å². The van der Waals surface area contributed by atoms with Gasteiger partial charge in [-0.3, -0.25) is 24.5 Å². The summed E-state index contributed by atoms with van der Waals surface area (Å²) in [6.45, 7) is 4.04. The summed E-state index contributed by atoms with van der Waals surface area (Å²) in [5.41, 5.74) is -0.283. The van der Waals surface area contributed by atoms with Crippen LogP contribution in [0.5, 0.6) is 5.75 Å². The van der Waals surface area contributed by atoms with Gasteiger partial charge in [0.05, 0.1) is 23.6 Å². The normalized spacial score (nSPS) is 18.8. The molecule has 1 aliphatic rings. The Morgan fingerprint density at radius 1 is 1.25 bits per heavy atom. The number of hydrogen-bond acceptors (Lipinski definition) is 6. The molecule has 0 radical (unpaired) electrons. The average Bonchev–Trinajstić information content (AvgIpc) is 2.64. The Hall–Kier alpha value is -3.17. The number of fused-ring (bicyclic) bond motifs is 1. The molecule has 152 valence electrons. The summed E-state index contributed by atoms with van der Waals surface area (Å²) in [5.74, 6) is -1.14. The number of nitrogens with one attached hydrogen (secondary N) is 3. The van der Waals surface area contributed by atoms with Crippen molar-refractivity contribution in [3.8, 4) is 5.75 Å². The monoisotopic (exact) mass is 392 g/mol. The molecule has 10 heteroatoms. The SMILES string of the molecule is CC(C)C[C@@H]1NC(=O)CNC(=O)c2cc([N+](=O)[O-])ccc2OCCCNC1=O. The van der Waals surface area contributed by atoms with Crippen LogP contribution in [-0.2, 0) is 9.59 Å². The van der Waals surface area contributed by atoms with Crippen LogP contribution in [0.1, 0.15) is 37.0 Å². The average molecular weight is 392 g/mol. The third-order valence-electron chi connectivity index (χ3n) is 4.06. The summed E-state index contributed by atoms with van der Waals surface area (Å²) in [7, 11) is 0. The van der Waals surface area contributed by atoms with Crippen LogP contribution in [-0.4, -0.2) is 48.4 Å². The lowest BCUT2D eigenvalue weighted by Crippen LogP contribution is -2.50. The molecule has 0 unspecified atom stereocenters. The number of ether oxygens (including phenoxy) is 1. The van der Waals surface area contributed by atoms with Crippen molar-refractivity contribution in [3.05, 3.63) is 33.9 Å². The number of amides is 3. The number of carbonyl (C=O) groups is 3. The first-order valence-electron chi connectivity index (χ1n) is 9.04. The molecule has 0 saturated heterocycles. The molecule has 0 bridgehead atoms. The molecular formula is C18H24N4O6. The van der Waals surface area contributed by atoms with Crippen LogP contribution in [0.4, 0.5) is 5.69 Å². The van der Waals surface area contributed by atoms with Crippen molar-refractivity contribution < 1.29 is 24.0 Å². The van der Waals surface area contributed by atoms with Gasteiger partial charge in [-0.05, 0) is 24.8 Å².